The molecule has 0 saturated heterocycles. The predicted octanol–water partition coefficient (Wildman–Crippen LogP) is 0.983. The number of nitrogens with zero attached hydrogens (tertiary/aromatic N) is 1. The lowest BCUT2D eigenvalue weighted by molar-refractivity contribution is -0.384. The molecular formula is C21H17N3O6. The van der Waals surface area contributed by atoms with Gasteiger partial charge in [-0.1, -0.05) is 17.9 Å². The Bertz CT molecular complexity index is 1070. The molecule has 0 aliphatic carbocycles. The third-order valence-corrected chi connectivity index (χ3v) is 3.84. The van der Waals surface area contributed by atoms with Crippen LogP contribution in [0.4, 0.5) is 5.69 Å². The molecule has 0 spiro atoms. The molecule has 0 saturated carbocycles. The number of benzene rings is 2. The first-order chi connectivity index (χ1) is 14.3. The van der Waals surface area contributed by atoms with Crippen molar-refractivity contribution in [1.29, 1.82) is 0 Å². The van der Waals surface area contributed by atoms with Gasteiger partial charge in [-0.15, -0.1) is 0 Å². The van der Waals surface area contributed by atoms with E-state index < -0.39 is 28.9 Å². The molecular weight excluding hydrogens is 390 g/mol. The van der Waals surface area contributed by atoms with Crippen LogP contribution in [0.15, 0.2) is 48.5 Å². The zero-order valence-corrected chi connectivity index (χ0v) is 15.7. The van der Waals surface area contributed by atoms with Crippen LogP contribution in [0.5, 0.6) is 0 Å². The van der Waals surface area contributed by atoms with Gasteiger partial charge >= 0.3 is 0 Å². The maximum atomic E-state index is 12.2. The van der Waals surface area contributed by atoms with E-state index in [1.54, 1.807) is 18.2 Å². The van der Waals surface area contributed by atoms with Crippen LogP contribution in [0.25, 0.3) is 0 Å². The molecule has 2 aromatic rings. The van der Waals surface area contributed by atoms with E-state index in [4.69, 9.17) is 5.21 Å². The number of non-ortho nitro benzene ring substituents is 1. The molecule has 2 atom stereocenters. The second-order valence-electron chi connectivity index (χ2n) is 6.05. The molecule has 0 aliphatic rings. The van der Waals surface area contributed by atoms with Gasteiger partial charge in [-0.2, -0.15) is 0 Å². The van der Waals surface area contributed by atoms with Crippen LogP contribution >= 0.6 is 0 Å². The van der Waals surface area contributed by atoms with Gasteiger partial charge in [-0.25, -0.2) is 5.48 Å². The van der Waals surface area contributed by atoms with Crippen LogP contribution in [0.2, 0.25) is 0 Å². The summed E-state index contributed by atoms with van der Waals surface area (Å²) in [5.41, 5.74) is 2.58. The average molecular weight is 407 g/mol. The van der Waals surface area contributed by atoms with Crippen LogP contribution < -0.4 is 10.8 Å². The largest absolute Gasteiger partial charge is 0.391 e. The molecule has 0 bridgehead atoms. The van der Waals surface area contributed by atoms with Gasteiger partial charge in [0.05, 0.1) is 11.0 Å². The Hall–Kier alpha value is -4.18. The Morgan fingerprint density at radius 2 is 1.70 bits per heavy atom. The Morgan fingerprint density at radius 1 is 1.07 bits per heavy atom. The zero-order chi connectivity index (χ0) is 22.1. The van der Waals surface area contributed by atoms with Gasteiger partial charge in [0.2, 0.25) is 0 Å². The Labute approximate surface area is 171 Å². The SMILES string of the molecule is CC(O)C(NC(=O)c1ccc(C#CC#Cc2cccc([N+](=O)[O-])c2)cc1)C(=O)NO. The number of aliphatic hydroxyl groups excluding tert-OH is 1. The number of nitro benzene ring substituents is 1. The fourth-order valence-electron chi connectivity index (χ4n) is 2.31. The number of carbonyl (C=O) groups is 2. The Kier molecular flexibility index (Phi) is 7.66. The van der Waals surface area contributed by atoms with Crippen LogP contribution in [0.1, 0.15) is 28.4 Å². The lowest BCUT2D eigenvalue weighted by Gasteiger charge is -2.19. The highest BCUT2D eigenvalue weighted by atomic mass is 16.6. The molecule has 0 radical (unpaired) electrons. The van der Waals surface area contributed by atoms with Gasteiger partial charge in [0.25, 0.3) is 17.5 Å². The fraction of sp³-hybridized carbons (Fsp3) is 0.143. The van der Waals surface area contributed by atoms with Gasteiger partial charge in [-0.3, -0.25) is 24.9 Å². The summed E-state index contributed by atoms with van der Waals surface area (Å²) in [6, 6.07) is 10.7. The number of nitrogens with one attached hydrogen (secondary N) is 2. The van der Waals surface area contributed by atoms with Gasteiger partial charge in [0.1, 0.15) is 6.04 Å². The maximum absolute atomic E-state index is 12.2. The molecule has 4 N–H and O–H groups in total. The summed E-state index contributed by atoms with van der Waals surface area (Å²) in [5, 5.41) is 31.3. The minimum atomic E-state index is -1.31. The van der Waals surface area contributed by atoms with Gasteiger partial charge < -0.3 is 10.4 Å². The van der Waals surface area contributed by atoms with Crippen molar-refractivity contribution in [3.05, 3.63) is 75.3 Å². The van der Waals surface area contributed by atoms with Crippen molar-refractivity contribution >= 4 is 17.5 Å². The standard InChI is InChI=1S/C21H17N3O6/c1-14(25)19(21(27)23-28)22-20(26)17-11-9-15(10-12-17)5-2-3-6-16-7-4-8-18(13-16)24(29)30/h4,7-14,19,25,28H,1H3,(H,22,26)(H,23,27). The molecule has 0 aliphatic heterocycles. The first-order valence-corrected chi connectivity index (χ1v) is 8.61. The van der Waals surface area contributed by atoms with E-state index in [2.05, 4.69) is 29.0 Å². The Balaban J connectivity index is 2.06. The van der Waals surface area contributed by atoms with Crippen LogP contribution in [0.3, 0.4) is 0 Å². The molecule has 0 fully saturated rings. The molecule has 2 rings (SSSR count). The molecule has 2 amide bonds. The molecule has 0 aromatic heterocycles. The third-order valence-electron chi connectivity index (χ3n) is 3.84. The van der Waals surface area contributed by atoms with Crippen molar-refractivity contribution in [3.8, 4) is 23.7 Å². The molecule has 9 nitrogen and oxygen atoms in total. The number of hydrogen-bond donors (Lipinski definition) is 4. The molecule has 30 heavy (non-hydrogen) atoms. The number of aliphatic hydroxyl groups is 1. The van der Waals surface area contributed by atoms with Gasteiger partial charge in [0, 0.05) is 28.8 Å². The second-order valence-corrected chi connectivity index (χ2v) is 6.05. The first-order valence-electron chi connectivity index (χ1n) is 8.61. The number of amides is 2. The monoisotopic (exact) mass is 407 g/mol. The summed E-state index contributed by atoms with van der Waals surface area (Å²) in [4.78, 5) is 33.9. The predicted molar refractivity (Wildman–Crippen MR) is 106 cm³/mol. The lowest BCUT2D eigenvalue weighted by atomic mass is 10.1. The highest BCUT2D eigenvalue weighted by molar-refractivity contribution is 5.97. The second kappa shape index (κ2) is 10.4. The summed E-state index contributed by atoms with van der Waals surface area (Å²) in [6.07, 6.45) is -1.21. The van der Waals surface area contributed by atoms with E-state index in [-0.39, 0.29) is 11.3 Å². The van der Waals surface area contributed by atoms with Crippen molar-refractivity contribution < 1.29 is 24.8 Å². The molecule has 152 valence electrons. The molecule has 0 heterocycles. The van der Waals surface area contributed by atoms with E-state index in [0.29, 0.717) is 11.1 Å². The number of carbonyl (C=O) groups excluding carboxylic acids is 2. The van der Waals surface area contributed by atoms with Crippen molar-refractivity contribution in [2.45, 2.75) is 19.1 Å². The Morgan fingerprint density at radius 3 is 2.27 bits per heavy atom. The van der Waals surface area contributed by atoms with E-state index in [1.807, 2.05) is 0 Å². The number of nitro groups is 1. The minimum absolute atomic E-state index is 0.0575. The summed E-state index contributed by atoms with van der Waals surface area (Å²) in [6.45, 7) is 1.30. The number of hydrogen-bond acceptors (Lipinski definition) is 6. The lowest BCUT2D eigenvalue weighted by Crippen LogP contribution is -2.51. The summed E-state index contributed by atoms with van der Waals surface area (Å²) >= 11 is 0. The number of rotatable bonds is 5. The van der Waals surface area contributed by atoms with Crippen molar-refractivity contribution in [3.63, 3.8) is 0 Å². The van der Waals surface area contributed by atoms with Crippen LogP contribution in [-0.2, 0) is 4.79 Å². The highest BCUT2D eigenvalue weighted by Crippen LogP contribution is 2.11. The molecule has 2 unspecified atom stereocenters. The van der Waals surface area contributed by atoms with E-state index in [0.717, 1.165) is 0 Å². The zero-order valence-electron chi connectivity index (χ0n) is 15.7. The highest BCUT2D eigenvalue weighted by Gasteiger charge is 2.25. The summed E-state index contributed by atoms with van der Waals surface area (Å²) < 4.78 is 0. The summed E-state index contributed by atoms with van der Waals surface area (Å²) in [7, 11) is 0. The van der Waals surface area contributed by atoms with Gasteiger partial charge in [-0.05, 0) is 49.1 Å². The van der Waals surface area contributed by atoms with Crippen LogP contribution in [0, 0.1) is 33.8 Å². The smallest absolute Gasteiger partial charge is 0.270 e. The first kappa shape index (κ1) is 22.1. The third kappa shape index (κ3) is 6.17. The maximum Gasteiger partial charge on any atom is 0.270 e. The van der Waals surface area contributed by atoms with Crippen molar-refractivity contribution in [1.82, 2.24) is 10.8 Å². The van der Waals surface area contributed by atoms with E-state index in [1.165, 1.54) is 42.7 Å². The average Bonchev–Trinajstić information content (AvgIpc) is 2.74. The van der Waals surface area contributed by atoms with Crippen LogP contribution in [-0.4, -0.2) is 39.2 Å². The number of hydroxylamine groups is 1. The van der Waals surface area contributed by atoms with E-state index in [9.17, 15) is 24.8 Å². The molecule has 2 aromatic carbocycles. The normalized spacial score (nSPS) is 11.6. The molecule has 9 heteroatoms. The van der Waals surface area contributed by atoms with Crippen molar-refractivity contribution in [2.24, 2.45) is 0 Å². The quantitative estimate of drug-likeness (QED) is 0.252. The van der Waals surface area contributed by atoms with Crippen molar-refractivity contribution in [2.75, 3.05) is 0 Å². The minimum Gasteiger partial charge on any atom is -0.391 e. The van der Waals surface area contributed by atoms with E-state index >= 15 is 0 Å². The van der Waals surface area contributed by atoms with Gasteiger partial charge in [0.15, 0.2) is 0 Å². The summed E-state index contributed by atoms with van der Waals surface area (Å²) in [5.74, 6) is 9.16. The fourth-order valence-corrected chi connectivity index (χ4v) is 2.31. The topological polar surface area (TPSA) is 142 Å².